The molecule has 1 aromatic carbocycles. The van der Waals surface area contributed by atoms with Crippen LogP contribution in [0.4, 0.5) is 0 Å². The third kappa shape index (κ3) is 2.17. The van der Waals surface area contributed by atoms with Crippen LogP contribution in [0.2, 0.25) is 0 Å². The van der Waals surface area contributed by atoms with Crippen molar-refractivity contribution in [3.05, 3.63) is 29.3 Å². The Labute approximate surface area is 94.9 Å². The number of aromatic hydroxyl groups is 1. The number of hydrogen-bond acceptors (Lipinski definition) is 3. The Morgan fingerprint density at radius 3 is 2.69 bits per heavy atom. The maximum Gasteiger partial charge on any atom is 0.254 e. The summed E-state index contributed by atoms with van der Waals surface area (Å²) in [5.74, 6) is 0.179. The second-order valence-corrected chi connectivity index (χ2v) is 4.04. The van der Waals surface area contributed by atoms with Gasteiger partial charge in [0.25, 0.3) is 5.91 Å². The average Bonchev–Trinajstić information content (AvgIpc) is 2.33. The van der Waals surface area contributed by atoms with E-state index in [2.05, 4.69) is 5.32 Å². The van der Waals surface area contributed by atoms with E-state index in [0.29, 0.717) is 5.56 Å². The molecule has 0 spiro atoms. The third-order valence-electron chi connectivity index (χ3n) is 2.86. The van der Waals surface area contributed by atoms with E-state index in [1.54, 1.807) is 23.1 Å². The van der Waals surface area contributed by atoms with Gasteiger partial charge >= 0.3 is 0 Å². The summed E-state index contributed by atoms with van der Waals surface area (Å²) in [6, 6.07) is 5.07. The predicted molar refractivity (Wildman–Crippen MR) is 61.6 cm³/mol. The van der Waals surface area contributed by atoms with Gasteiger partial charge in [0, 0.05) is 31.7 Å². The molecule has 1 heterocycles. The van der Waals surface area contributed by atoms with E-state index < -0.39 is 0 Å². The lowest BCUT2D eigenvalue weighted by molar-refractivity contribution is 0.0735. The van der Waals surface area contributed by atoms with Crippen LogP contribution in [0.3, 0.4) is 0 Å². The molecule has 1 amide bonds. The summed E-state index contributed by atoms with van der Waals surface area (Å²) >= 11 is 0. The maximum atomic E-state index is 12.1. The van der Waals surface area contributed by atoms with Crippen molar-refractivity contribution in [1.82, 2.24) is 10.2 Å². The average molecular weight is 220 g/mol. The fourth-order valence-electron chi connectivity index (χ4n) is 1.79. The molecule has 2 N–H and O–H groups in total. The molecular formula is C12H16N2O2. The normalized spacial score (nSPS) is 16.2. The number of nitrogens with one attached hydrogen (secondary N) is 1. The zero-order chi connectivity index (χ0) is 11.5. The van der Waals surface area contributed by atoms with E-state index >= 15 is 0 Å². The van der Waals surface area contributed by atoms with Gasteiger partial charge in [-0.05, 0) is 24.6 Å². The highest BCUT2D eigenvalue weighted by molar-refractivity contribution is 5.94. The van der Waals surface area contributed by atoms with Crippen LogP contribution in [-0.2, 0) is 0 Å². The molecule has 0 aromatic heterocycles. The van der Waals surface area contributed by atoms with Crippen molar-refractivity contribution in [1.29, 1.82) is 0 Å². The SMILES string of the molecule is Cc1ccc(C(=O)N2CCNCC2)cc1O. The van der Waals surface area contributed by atoms with E-state index in [4.69, 9.17) is 0 Å². The number of amides is 1. The van der Waals surface area contributed by atoms with Crippen LogP contribution >= 0.6 is 0 Å². The minimum absolute atomic E-state index is 0.00296. The Morgan fingerprint density at radius 1 is 1.38 bits per heavy atom. The fraction of sp³-hybridized carbons (Fsp3) is 0.417. The third-order valence-corrected chi connectivity index (χ3v) is 2.86. The van der Waals surface area contributed by atoms with Crippen LogP contribution in [0.5, 0.6) is 5.75 Å². The maximum absolute atomic E-state index is 12.1. The standard InChI is InChI=1S/C12H16N2O2/c1-9-2-3-10(8-11(9)15)12(16)14-6-4-13-5-7-14/h2-3,8,13,15H,4-7H2,1H3. The summed E-state index contributed by atoms with van der Waals surface area (Å²) in [5, 5.41) is 12.8. The largest absolute Gasteiger partial charge is 0.508 e. The summed E-state index contributed by atoms with van der Waals surface area (Å²) in [5.41, 5.74) is 1.35. The van der Waals surface area contributed by atoms with E-state index in [-0.39, 0.29) is 11.7 Å². The molecule has 4 heteroatoms. The zero-order valence-electron chi connectivity index (χ0n) is 9.36. The zero-order valence-corrected chi connectivity index (χ0v) is 9.36. The number of aryl methyl sites for hydroxylation is 1. The molecule has 4 nitrogen and oxygen atoms in total. The van der Waals surface area contributed by atoms with Crippen molar-refractivity contribution >= 4 is 5.91 Å². The van der Waals surface area contributed by atoms with E-state index in [0.717, 1.165) is 31.7 Å². The van der Waals surface area contributed by atoms with Gasteiger partial charge in [0.15, 0.2) is 0 Å². The fourth-order valence-corrected chi connectivity index (χ4v) is 1.79. The number of benzene rings is 1. The molecule has 1 aliphatic rings. The van der Waals surface area contributed by atoms with Gasteiger partial charge in [-0.15, -0.1) is 0 Å². The van der Waals surface area contributed by atoms with Gasteiger partial charge in [-0.3, -0.25) is 4.79 Å². The Morgan fingerprint density at radius 2 is 2.06 bits per heavy atom. The van der Waals surface area contributed by atoms with Crippen LogP contribution in [0.25, 0.3) is 0 Å². The van der Waals surface area contributed by atoms with E-state index in [1.165, 1.54) is 0 Å². The molecule has 0 unspecified atom stereocenters. The van der Waals surface area contributed by atoms with Crippen LogP contribution in [-0.4, -0.2) is 42.1 Å². The first-order valence-corrected chi connectivity index (χ1v) is 5.48. The van der Waals surface area contributed by atoms with Crippen molar-refractivity contribution in [3.63, 3.8) is 0 Å². The quantitative estimate of drug-likeness (QED) is 0.734. The predicted octanol–water partition coefficient (Wildman–Crippen LogP) is 0.746. The van der Waals surface area contributed by atoms with Crippen molar-refractivity contribution < 1.29 is 9.90 Å². The molecule has 86 valence electrons. The second-order valence-electron chi connectivity index (χ2n) is 4.04. The molecule has 16 heavy (non-hydrogen) atoms. The molecule has 1 aromatic rings. The van der Waals surface area contributed by atoms with Gasteiger partial charge in [-0.2, -0.15) is 0 Å². The molecule has 2 rings (SSSR count). The highest BCUT2D eigenvalue weighted by Gasteiger charge is 2.18. The monoisotopic (exact) mass is 220 g/mol. The van der Waals surface area contributed by atoms with E-state index in [9.17, 15) is 9.90 Å². The van der Waals surface area contributed by atoms with Gasteiger partial charge in [-0.1, -0.05) is 6.07 Å². The highest BCUT2D eigenvalue weighted by Crippen LogP contribution is 2.18. The molecule has 0 saturated carbocycles. The molecule has 0 atom stereocenters. The van der Waals surface area contributed by atoms with E-state index in [1.807, 2.05) is 6.92 Å². The Kier molecular flexibility index (Phi) is 3.10. The number of phenols is 1. The molecule has 1 saturated heterocycles. The second kappa shape index (κ2) is 4.53. The molecule has 0 radical (unpaired) electrons. The first kappa shape index (κ1) is 11.0. The van der Waals surface area contributed by atoms with Crippen LogP contribution in [0.1, 0.15) is 15.9 Å². The lowest BCUT2D eigenvalue weighted by Gasteiger charge is -2.27. The summed E-state index contributed by atoms with van der Waals surface area (Å²) in [4.78, 5) is 13.9. The molecule has 0 bridgehead atoms. The summed E-state index contributed by atoms with van der Waals surface area (Å²) in [7, 11) is 0. The Bertz CT molecular complexity index is 398. The highest BCUT2D eigenvalue weighted by atomic mass is 16.3. The first-order valence-electron chi connectivity index (χ1n) is 5.48. The smallest absolute Gasteiger partial charge is 0.254 e. The first-order chi connectivity index (χ1) is 7.68. The Balaban J connectivity index is 2.16. The van der Waals surface area contributed by atoms with Gasteiger partial charge in [0.2, 0.25) is 0 Å². The van der Waals surface area contributed by atoms with Crippen LogP contribution in [0.15, 0.2) is 18.2 Å². The summed E-state index contributed by atoms with van der Waals surface area (Å²) in [6.07, 6.45) is 0. The van der Waals surface area contributed by atoms with Gasteiger partial charge in [-0.25, -0.2) is 0 Å². The minimum atomic E-state index is -0.00296. The lowest BCUT2D eigenvalue weighted by Crippen LogP contribution is -2.46. The number of hydrogen-bond donors (Lipinski definition) is 2. The lowest BCUT2D eigenvalue weighted by atomic mass is 10.1. The number of phenolic OH excluding ortho intramolecular Hbond substituents is 1. The van der Waals surface area contributed by atoms with Crippen molar-refractivity contribution in [2.45, 2.75) is 6.92 Å². The van der Waals surface area contributed by atoms with Gasteiger partial charge in [0.05, 0.1) is 0 Å². The summed E-state index contributed by atoms with van der Waals surface area (Å²) in [6.45, 7) is 4.95. The molecule has 1 aliphatic heterocycles. The van der Waals surface area contributed by atoms with Crippen molar-refractivity contribution in [2.24, 2.45) is 0 Å². The topological polar surface area (TPSA) is 52.6 Å². The molecular weight excluding hydrogens is 204 g/mol. The summed E-state index contributed by atoms with van der Waals surface area (Å²) < 4.78 is 0. The number of nitrogens with zero attached hydrogens (tertiary/aromatic N) is 1. The van der Waals surface area contributed by atoms with Gasteiger partial charge in [0.1, 0.15) is 5.75 Å². The molecule has 0 aliphatic carbocycles. The minimum Gasteiger partial charge on any atom is -0.508 e. The number of carbonyl (C=O) groups is 1. The van der Waals surface area contributed by atoms with Crippen LogP contribution < -0.4 is 5.32 Å². The van der Waals surface area contributed by atoms with Crippen molar-refractivity contribution in [2.75, 3.05) is 26.2 Å². The van der Waals surface area contributed by atoms with Crippen molar-refractivity contribution in [3.8, 4) is 5.75 Å². The Hall–Kier alpha value is -1.55. The number of carbonyl (C=O) groups excluding carboxylic acids is 1. The van der Waals surface area contributed by atoms with Crippen LogP contribution in [0, 0.1) is 6.92 Å². The van der Waals surface area contributed by atoms with Gasteiger partial charge < -0.3 is 15.3 Å². The number of piperazine rings is 1. The molecule has 1 fully saturated rings. The number of rotatable bonds is 1.